The molecule has 1 aliphatic heterocycles. The number of carboxylic acid groups (broad SMARTS) is 1. The molecule has 1 aromatic heterocycles. The molecule has 4 rings (SSSR count). The van der Waals surface area contributed by atoms with E-state index in [0.29, 0.717) is 23.2 Å². The van der Waals surface area contributed by atoms with E-state index in [2.05, 4.69) is 30.8 Å². The molecule has 0 amide bonds. The Labute approximate surface area is 169 Å². The molecule has 1 saturated heterocycles. The summed E-state index contributed by atoms with van der Waals surface area (Å²) in [7, 11) is 4.12. The van der Waals surface area contributed by atoms with Crippen LogP contribution in [0.15, 0.2) is 17.1 Å². The summed E-state index contributed by atoms with van der Waals surface area (Å²) in [6.07, 6.45) is 4.31. The molecule has 2 fully saturated rings. The minimum absolute atomic E-state index is 0.175. The second kappa shape index (κ2) is 7.13. The van der Waals surface area contributed by atoms with Gasteiger partial charge in [-0.1, -0.05) is 0 Å². The summed E-state index contributed by atoms with van der Waals surface area (Å²) in [4.78, 5) is 28.6. The zero-order valence-electron chi connectivity index (χ0n) is 17.4. The molecule has 6 nitrogen and oxygen atoms in total. The second-order valence-corrected chi connectivity index (χ2v) is 8.74. The van der Waals surface area contributed by atoms with Crippen LogP contribution < -0.4 is 10.3 Å². The molecular weight excluding hydrogens is 373 g/mol. The fraction of sp³-hybridized carbons (Fsp3) is 0.545. The van der Waals surface area contributed by atoms with Gasteiger partial charge in [-0.05, 0) is 59.2 Å². The Hall–Kier alpha value is -2.41. The van der Waals surface area contributed by atoms with Crippen LogP contribution in [-0.4, -0.2) is 53.8 Å². The van der Waals surface area contributed by atoms with E-state index in [-0.39, 0.29) is 22.6 Å². The average molecular weight is 401 g/mol. The number of rotatable bonds is 5. The first kappa shape index (κ1) is 19.9. The highest BCUT2D eigenvalue weighted by Gasteiger charge is 2.32. The van der Waals surface area contributed by atoms with Gasteiger partial charge in [-0.3, -0.25) is 4.79 Å². The molecule has 0 unspecified atom stereocenters. The SMILES string of the molecule is Cc1c(F)c(N2CC[C@@H]([C@H](C)N(C)C)C2)cc2c1c(=O)c(C(=O)O)cn2C1CC1. The average Bonchev–Trinajstić information content (AvgIpc) is 3.39. The smallest absolute Gasteiger partial charge is 0.341 e. The Balaban J connectivity index is 1.85. The van der Waals surface area contributed by atoms with Crippen molar-refractivity contribution in [1.29, 1.82) is 0 Å². The first-order chi connectivity index (χ1) is 13.7. The van der Waals surface area contributed by atoms with Gasteiger partial charge in [-0.15, -0.1) is 0 Å². The largest absolute Gasteiger partial charge is 0.477 e. The third-order valence-corrected chi connectivity index (χ3v) is 6.71. The number of pyridine rings is 1. The number of halogens is 1. The Kier molecular flexibility index (Phi) is 4.89. The molecular formula is C22H28FN3O3. The zero-order valence-corrected chi connectivity index (χ0v) is 17.4. The Morgan fingerprint density at radius 1 is 1.31 bits per heavy atom. The molecule has 2 aliphatic rings. The molecule has 0 radical (unpaired) electrons. The van der Waals surface area contributed by atoms with Crippen LogP contribution in [0.25, 0.3) is 10.9 Å². The van der Waals surface area contributed by atoms with Crippen molar-refractivity contribution < 1.29 is 14.3 Å². The molecule has 2 atom stereocenters. The number of fused-ring (bicyclic) bond motifs is 1. The van der Waals surface area contributed by atoms with Gasteiger partial charge in [0.05, 0.1) is 16.6 Å². The van der Waals surface area contributed by atoms with Crippen LogP contribution in [0.1, 0.15) is 48.1 Å². The van der Waals surface area contributed by atoms with E-state index in [1.807, 2.05) is 4.57 Å². The van der Waals surface area contributed by atoms with Crippen molar-refractivity contribution in [2.45, 2.75) is 45.2 Å². The van der Waals surface area contributed by atoms with Crippen LogP contribution in [0.3, 0.4) is 0 Å². The molecule has 0 bridgehead atoms. The number of benzene rings is 1. The van der Waals surface area contributed by atoms with Crippen molar-refractivity contribution in [3.8, 4) is 0 Å². The normalized spacial score (nSPS) is 20.6. The van der Waals surface area contributed by atoms with Crippen LogP contribution in [0, 0.1) is 18.7 Å². The first-order valence-electron chi connectivity index (χ1n) is 10.2. The van der Waals surface area contributed by atoms with Gasteiger partial charge in [0.15, 0.2) is 0 Å². The third-order valence-electron chi connectivity index (χ3n) is 6.71. The predicted molar refractivity (Wildman–Crippen MR) is 112 cm³/mol. The van der Waals surface area contributed by atoms with Crippen molar-refractivity contribution in [3.05, 3.63) is 39.4 Å². The maximum absolute atomic E-state index is 15.4. The summed E-state index contributed by atoms with van der Waals surface area (Å²) < 4.78 is 17.3. The van der Waals surface area contributed by atoms with E-state index in [1.165, 1.54) is 6.20 Å². The number of aromatic nitrogens is 1. The summed E-state index contributed by atoms with van der Waals surface area (Å²) in [6.45, 7) is 5.31. The summed E-state index contributed by atoms with van der Waals surface area (Å²) in [5.41, 5.74) is 0.499. The van der Waals surface area contributed by atoms with Gasteiger partial charge in [0.2, 0.25) is 5.43 Å². The molecule has 1 N–H and O–H groups in total. The van der Waals surface area contributed by atoms with Crippen molar-refractivity contribution in [1.82, 2.24) is 9.47 Å². The second-order valence-electron chi connectivity index (χ2n) is 8.74. The molecule has 29 heavy (non-hydrogen) atoms. The van der Waals surface area contributed by atoms with E-state index >= 15 is 4.39 Å². The van der Waals surface area contributed by atoms with E-state index in [4.69, 9.17) is 0 Å². The zero-order chi connectivity index (χ0) is 21.0. The predicted octanol–water partition coefficient (Wildman–Crippen LogP) is 3.26. The molecule has 1 saturated carbocycles. The molecule has 156 valence electrons. The van der Waals surface area contributed by atoms with Crippen LogP contribution >= 0.6 is 0 Å². The molecule has 2 aromatic rings. The molecule has 1 aromatic carbocycles. The maximum Gasteiger partial charge on any atom is 0.341 e. The molecule has 1 aliphatic carbocycles. The number of aromatic carboxylic acids is 1. The maximum atomic E-state index is 15.4. The van der Waals surface area contributed by atoms with Gasteiger partial charge < -0.3 is 19.5 Å². The number of anilines is 1. The minimum atomic E-state index is -1.27. The van der Waals surface area contributed by atoms with Crippen molar-refractivity contribution in [3.63, 3.8) is 0 Å². The number of nitrogens with zero attached hydrogens (tertiary/aromatic N) is 3. The summed E-state index contributed by atoms with van der Waals surface area (Å²) in [5.74, 6) is -1.24. The Morgan fingerprint density at radius 2 is 2.00 bits per heavy atom. The minimum Gasteiger partial charge on any atom is -0.477 e. The molecule has 7 heteroatoms. The summed E-state index contributed by atoms with van der Waals surface area (Å²) in [6, 6.07) is 2.33. The number of carboxylic acids is 1. The van der Waals surface area contributed by atoms with Gasteiger partial charge in [0.1, 0.15) is 11.4 Å². The van der Waals surface area contributed by atoms with E-state index in [9.17, 15) is 14.7 Å². The van der Waals surface area contributed by atoms with Crippen LogP contribution in [0.4, 0.5) is 10.1 Å². The molecule has 2 heterocycles. The van der Waals surface area contributed by atoms with Crippen molar-refractivity contribution >= 4 is 22.6 Å². The van der Waals surface area contributed by atoms with Crippen molar-refractivity contribution in [2.24, 2.45) is 5.92 Å². The van der Waals surface area contributed by atoms with Gasteiger partial charge in [-0.25, -0.2) is 9.18 Å². The number of hydrogen-bond donors (Lipinski definition) is 1. The van der Waals surface area contributed by atoms with Crippen LogP contribution in [0.2, 0.25) is 0 Å². The van der Waals surface area contributed by atoms with Gasteiger partial charge >= 0.3 is 5.97 Å². The van der Waals surface area contributed by atoms with Gasteiger partial charge in [0.25, 0.3) is 0 Å². The van der Waals surface area contributed by atoms with Crippen molar-refractivity contribution in [2.75, 3.05) is 32.1 Å². The Bertz CT molecular complexity index is 1040. The van der Waals surface area contributed by atoms with Crippen LogP contribution in [0.5, 0.6) is 0 Å². The quantitative estimate of drug-likeness (QED) is 0.833. The standard InChI is InChI=1S/C22H28FN3O3/c1-12-19-17(26(15-5-6-15)11-16(21(19)27)22(28)29)9-18(20(12)23)25-8-7-14(10-25)13(2)24(3)4/h9,11,13-15H,5-8,10H2,1-4H3,(H,28,29)/t13-,14+/m0/s1. The lowest BCUT2D eigenvalue weighted by Gasteiger charge is -2.27. The lowest BCUT2D eigenvalue weighted by molar-refractivity contribution is 0.0695. The van der Waals surface area contributed by atoms with E-state index < -0.39 is 17.2 Å². The van der Waals surface area contributed by atoms with Gasteiger partial charge in [0, 0.05) is 36.9 Å². The fourth-order valence-corrected chi connectivity index (χ4v) is 4.51. The number of hydrogen-bond acceptors (Lipinski definition) is 4. The van der Waals surface area contributed by atoms with Gasteiger partial charge in [-0.2, -0.15) is 0 Å². The highest BCUT2D eigenvalue weighted by molar-refractivity contribution is 5.95. The number of carbonyl (C=O) groups is 1. The fourth-order valence-electron chi connectivity index (χ4n) is 4.51. The van der Waals surface area contributed by atoms with E-state index in [0.717, 1.165) is 32.4 Å². The molecule has 0 spiro atoms. The topological polar surface area (TPSA) is 65.8 Å². The summed E-state index contributed by atoms with van der Waals surface area (Å²) in [5, 5.41) is 9.64. The van der Waals surface area contributed by atoms with E-state index in [1.54, 1.807) is 13.0 Å². The highest BCUT2D eigenvalue weighted by Crippen LogP contribution is 2.40. The van der Waals surface area contributed by atoms with Crippen LogP contribution in [-0.2, 0) is 0 Å². The Morgan fingerprint density at radius 3 is 2.59 bits per heavy atom. The first-order valence-corrected chi connectivity index (χ1v) is 10.2. The highest BCUT2D eigenvalue weighted by atomic mass is 19.1. The monoisotopic (exact) mass is 401 g/mol. The third kappa shape index (κ3) is 3.31. The number of aryl methyl sites for hydroxylation is 1. The lowest BCUT2D eigenvalue weighted by atomic mass is 10.00. The lowest BCUT2D eigenvalue weighted by Crippen LogP contribution is -2.34. The summed E-state index contributed by atoms with van der Waals surface area (Å²) >= 11 is 0.